The molecule has 84 valence electrons. The van der Waals surface area contributed by atoms with E-state index in [1.807, 2.05) is 36.4 Å². The highest BCUT2D eigenvalue weighted by Crippen LogP contribution is 2.24. The predicted molar refractivity (Wildman–Crippen MR) is 66.3 cm³/mol. The maximum Gasteiger partial charge on any atom is 0.230 e. The quantitative estimate of drug-likeness (QED) is 0.824. The third-order valence-electron chi connectivity index (χ3n) is 2.64. The van der Waals surface area contributed by atoms with Gasteiger partial charge >= 0.3 is 0 Å². The van der Waals surface area contributed by atoms with Crippen molar-refractivity contribution < 1.29 is 4.79 Å². The predicted octanol–water partition coefficient (Wildman–Crippen LogP) is 2.32. The van der Waals surface area contributed by atoms with Gasteiger partial charge in [-0.25, -0.2) is 4.98 Å². The van der Waals surface area contributed by atoms with Crippen molar-refractivity contribution in [3.63, 3.8) is 0 Å². The molecule has 0 unspecified atom stereocenters. The molecule has 2 heterocycles. The second-order valence-corrected chi connectivity index (χ2v) is 3.95. The number of benzene rings is 1. The van der Waals surface area contributed by atoms with Gasteiger partial charge in [0.25, 0.3) is 0 Å². The van der Waals surface area contributed by atoms with Crippen molar-refractivity contribution in [2.24, 2.45) is 0 Å². The SMILES string of the molecule is O=C1Cc2cc(Nc3ccccc3)cnc2N1. The molecule has 1 aliphatic rings. The average Bonchev–Trinajstić information content (AvgIpc) is 2.70. The van der Waals surface area contributed by atoms with E-state index in [1.54, 1.807) is 6.20 Å². The van der Waals surface area contributed by atoms with Crippen LogP contribution in [-0.4, -0.2) is 10.9 Å². The van der Waals surface area contributed by atoms with Gasteiger partial charge in [0, 0.05) is 11.3 Å². The number of nitrogens with one attached hydrogen (secondary N) is 2. The molecule has 0 radical (unpaired) electrons. The highest BCUT2D eigenvalue weighted by atomic mass is 16.1. The van der Waals surface area contributed by atoms with Crippen LogP contribution in [0.5, 0.6) is 0 Å². The highest BCUT2D eigenvalue weighted by Gasteiger charge is 2.18. The monoisotopic (exact) mass is 225 g/mol. The lowest BCUT2D eigenvalue weighted by atomic mass is 10.2. The number of rotatable bonds is 2. The van der Waals surface area contributed by atoms with E-state index >= 15 is 0 Å². The number of nitrogens with zero attached hydrogens (tertiary/aromatic N) is 1. The molecule has 1 aromatic heterocycles. The normalized spacial score (nSPS) is 13.1. The summed E-state index contributed by atoms with van der Waals surface area (Å²) in [6, 6.07) is 11.8. The van der Waals surface area contributed by atoms with Gasteiger partial charge in [-0.3, -0.25) is 4.79 Å². The fourth-order valence-electron chi connectivity index (χ4n) is 1.86. The summed E-state index contributed by atoms with van der Waals surface area (Å²) >= 11 is 0. The summed E-state index contributed by atoms with van der Waals surface area (Å²) in [7, 11) is 0. The van der Waals surface area contributed by atoms with E-state index in [2.05, 4.69) is 15.6 Å². The van der Waals surface area contributed by atoms with Gasteiger partial charge in [0.15, 0.2) is 0 Å². The Balaban J connectivity index is 1.86. The Hall–Kier alpha value is -2.36. The van der Waals surface area contributed by atoms with E-state index < -0.39 is 0 Å². The molecule has 0 spiro atoms. The van der Waals surface area contributed by atoms with Crippen LogP contribution in [0.15, 0.2) is 42.6 Å². The number of hydrogen-bond donors (Lipinski definition) is 2. The van der Waals surface area contributed by atoms with E-state index in [-0.39, 0.29) is 5.91 Å². The van der Waals surface area contributed by atoms with Crippen molar-refractivity contribution >= 4 is 23.1 Å². The first-order valence-electron chi connectivity index (χ1n) is 5.42. The Labute approximate surface area is 98.7 Å². The van der Waals surface area contributed by atoms with Crippen LogP contribution in [0.3, 0.4) is 0 Å². The fourth-order valence-corrected chi connectivity index (χ4v) is 1.86. The van der Waals surface area contributed by atoms with Gasteiger partial charge in [-0.05, 0) is 18.2 Å². The standard InChI is InChI=1S/C13H11N3O/c17-12-7-9-6-11(8-14-13(9)16-12)15-10-4-2-1-3-5-10/h1-6,8,15H,7H2,(H,14,16,17). The Morgan fingerprint density at radius 2 is 2.00 bits per heavy atom. The first-order valence-corrected chi connectivity index (χ1v) is 5.42. The van der Waals surface area contributed by atoms with Crippen LogP contribution in [0.4, 0.5) is 17.2 Å². The molecule has 1 amide bonds. The molecule has 4 nitrogen and oxygen atoms in total. The van der Waals surface area contributed by atoms with Crippen molar-refractivity contribution in [1.29, 1.82) is 0 Å². The maximum atomic E-state index is 11.2. The molecule has 0 saturated heterocycles. The topological polar surface area (TPSA) is 54.0 Å². The lowest BCUT2D eigenvalue weighted by Gasteiger charge is -2.06. The van der Waals surface area contributed by atoms with E-state index in [9.17, 15) is 4.79 Å². The second-order valence-electron chi connectivity index (χ2n) is 3.95. The zero-order valence-corrected chi connectivity index (χ0v) is 9.10. The van der Waals surface area contributed by atoms with Gasteiger partial charge in [0.2, 0.25) is 5.91 Å². The van der Waals surface area contributed by atoms with Crippen molar-refractivity contribution in [1.82, 2.24) is 4.98 Å². The number of hydrogen-bond acceptors (Lipinski definition) is 3. The van der Waals surface area contributed by atoms with Crippen LogP contribution >= 0.6 is 0 Å². The third kappa shape index (κ3) is 1.97. The molecule has 0 fully saturated rings. The minimum Gasteiger partial charge on any atom is -0.354 e. The second kappa shape index (κ2) is 3.90. The van der Waals surface area contributed by atoms with Crippen LogP contribution < -0.4 is 10.6 Å². The number of fused-ring (bicyclic) bond motifs is 1. The number of para-hydroxylation sites is 1. The molecule has 1 aromatic carbocycles. The summed E-state index contributed by atoms with van der Waals surface area (Å²) in [5.74, 6) is 0.679. The number of carbonyl (C=O) groups excluding carboxylic acids is 1. The van der Waals surface area contributed by atoms with Crippen molar-refractivity contribution in [2.75, 3.05) is 10.6 Å². The third-order valence-corrected chi connectivity index (χ3v) is 2.64. The van der Waals surface area contributed by atoms with Crippen LogP contribution in [0, 0.1) is 0 Å². The maximum absolute atomic E-state index is 11.2. The summed E-state index contributed by atoms with van der Waals surface area (Å²) in [5, 5.41) is 5.96. The number of carbonyl (C=O) groups is 1. The summed E-state index contributed by atoms with van der Waals surface area (Å²) in [6.07, 6.45) is 2.13. The average molecular weight is 225 g/mol. The van der Waals surface area contributed by atoms with Gasteiger partial charge in [-0.2, -0.15) is 0 Å². The van der Waals surface area contributed by atoms with E-state index in [4.69, 9.17) is 0 Å². The first kappa shape index (κ1) is 9.84. The van der Waals surface area contributed by atoms with Crippen LogP contribution in [0.2, 0.25) is 0 Å². The number of amides is 1. The lowest BCUT2D eigenvalue weighted by molar-refractivity contribution is -0.115. The highest BCUT2D eigenvalue weighted by molar-refractivity contribution is 5.98. The molecule has 4 heteroatoms. The zero-order chi connectivity index (χ0) is 11.7. The number of pyridine rings is 1. The number of anilines is 3. The Kier molecular flexibility index (Phi) is 2.26. The van der Waals surface area contributed by atoms with Gasteiger partial charge < -0.3 is 10.6 Å². The molecule has 0 aliphatic carbocycles. The largest absolute Gasteiger partial charge is 0.354 e. The van der Waals surface area contributed by atoms with Crippen LogP contribution in [-0.2, 0) is 11.2 Å². The van der Waals surface area contributed by atoms with Crippen molar-refractivity contribution in [3.8, 4) is 0 Å². The minimum atomic E-state index is 0.00404. The summed E-state index contributed by atoms with van der Waals surface area (Å²) < 4.78 is 0. The molecule has 0 saturated carbocycles. The molecule has 0 atom stereocenters. The van der Waals surface area contributed by atoms with E-state index in [0.29, 0.717) is 12.2 Å². The summed E-state index contributed by atoms with van der Waals surface area (Å²) in [6.45, 7) is 0. The van der Waals surface area contributed by atoms with Gasteiger partial charge in [0.05, 0.1) is 18.3 Å². The minimum absolute atomic E-state index is 0.00404. The van der Waals surface area contributed by atoms with Gasteiger partial charge in [-0.1, -0.05) is 18.2 Å². The first-order chi connectivity index (χ1) is 8.31. The Morgan fingerprint density at radius 1 is 1.18 bits per heavy atom. The van der Waals surface area contributed by atoms with Crippen LogP contribution in [0.1, 0.15) is 5.56 Å². The summed E-state index contributed by atoms with van der Waals surface area (Å²) in [5.41, 5.74) is 2.84. The smallest absolute Gasteiger partial charge is 0.230 e. The lowest BCUT2D eigenvalue weighted by Crippen LogP contribution is -2.04. The Morgan fingerprint density at radius 3 is 2.82 bits per heavy atom. The van der Waals surface area contributed by atoms with Crippen molar-refractivity contribution in [3.05, 3.63) is 48.2 Å². The molecule has 17 heavy (non-hydrogen) atoms. The van der Waals surface area contributed by atoms with Crippen molar-refractivity contribution in [2.45, 2.75) is 6.42 Å². The molecular formula is C13H11N3O. The van der Waals surface area contributed by atoms with Gasteiger partial charge in [-0.15, -0.1) is 0 Å². The van der Waals surface area contributed by atoms with Crippen LogP contribution in [0.25, 0.3) is 0 Å². The van der Waals surface area contributed by atoms with E-state index in [0.717, 1.165) is 16.9 Å². The van der Waals surface area contributed by atoms with E-state index in [1.165, 1.54) is 0 Å². The van der Waals surface area contributed by atoms with Gasteiger partial charge in [0.1, 0.15) is 5.82 Å². The molecule has 0 bridgehead atoms. The zero-order valence-electron chi connectivity index (χ0n) is 9.10. The molecule has 1 aliphatic heterocycles. The summed E-state index contributed by atoms with van der Waals surface area (Å²) in [4.78, 5) is 15.4. The molecule has 2 N–H and O–H groups in total. The Bertz CT molecular complexity index is 566. The molecule has 3 rings (SSSR count). The molecular weight excluding hydrogens is 214 g/mol. The number of aromatic nitrogens is 1. The molecule has 2 aromatic rings. The fraction of sp³-hybridized carbons (Fsp3) is 0.0769.